The number of fused-ring (bicyclic) bond motifs is 2. The molecule has 1 saturated heterocycles. The van der Waals surface area contributed by atoms with E-state index in [1.54, 1.807) is 6.08 Å². The number of aromatic nitrogens is 3. The quantitative estimate of drug-likeness (QED) is 0.668. The molecular formula is C23H24N4O2. The molecule has 0 amide bonds. The fraction of sp³-hybridized carbons (Fsp3) is 0.348. The number of piperidine rings is 1. The van der Waals surface area contributed by atoms with Gasteiger partial charge in [-0.25, -0.2) is 4.98 Å². The number of hydrogen-bond donors (Lipinski definition) is 2. The van der Waals surface area contributed by atoms with E-state index >= 15 is 0 Å². The normalized spacial score (nSPS) is 18.4. The molecule has 2 aliphatic rings. The van der Waals surface area contributed by atoms with Crippen LogP contribution in [0.3, 0.4) is 0 Å². The van der Waals surface area contributed by atoms with Crippen LogP contribution in [0.25, 0.3) is 17.1 Å². The maximum Gasteiger partial charge on any atom is 0.232 e. The van der Waals surface area contributed by atoms with Crippen molar-refractivity contribution in [2.75, 3.05) is 13.1 Å². The lowest BCUT2D eigenvalue weighted by Gasteiger charge is -2.24. The zero-order chi connectivity index (χ0) is 20.0. The first-order valence-corrected chi connectivity index (χ1v) is 10.2. The van der Waals surface area contributed by atoms with E-state index in [1.165, 1.54) is 5.56 Å². The van der Waals surface area contributed by atoms with Gasteiger partial charge in [-0.2, -0.15) is 5.10 Å². The molecule has 148 valence electrons. The molecule has 0 bridgehead atoms. The molecule has 0 spiro atoms. The molecule has 6 nitrogen and oxygen atoms in total. The Hall–Kier alpha value is -2.99. The monoisotopic (exact) mass is 388 g/mol. The van der Waals surface area contributed by atoms with E-state index in [4.69, 9.17) is 4.74 Å². The summed E-state index contributed by atoms with van der Waals surface area (Å²) in [6, 6.07) is 7.82. The summed E-state index contributed by atoms with van der Waals surface area (Å²) >= 11 is 0. The second kappa shape index (κ2) is 7.12. The Kier molecular flexibility index (Phi) is 4.43. The number of nitrogens with one attached hydrogen (secondary N) is 2. The Bertz CT molecular complexity index is 1140. The first kappa shape index (κ1) is 18.1. The van der Waals surface area contributed by atoms with Crippen LogP contribution in [0.5, 0.6) is 5.75 Å². The molecule has 2 aliphatic heterocycles. The van der Waals surface area contributed by atoms with Gasteiger partial charge >= 0.3 is 0 Å². The number of pyridine rings is 1. The highest BCUT2D eigenvalue weighted by Gasteiger charge is 2.31. The minimum absolute atomic E-state index is 0.0808. The fourth-order valence-electron chi connectivity index (χ4n) is 4.29. The number of nitrogens with zero attached hydrogens (tertiary/aromatic N) is 2. The lowest BCUT2D eigenvalue weighted by molar-refractivity contribution is 0.101. The Balaban J connectivity index is 1.50. The summed E-state index contributed by atoms with van der Waals surface area (Å²) in [5.41, 5.74) is 5.29. The minimum Gasteiger partial charge on any atom is -0.452 e. The highest BCUT2D eigenvalue weighted by molar-refractivity contribution is 6.15. The van der Waals surface area contributed by atoms with Crippen LogP contribution in [-0.4, -0.2) is 34.1 Å². The lowest BCUT2D eigenvalue weighted by Crippen LogP contribution is -2.28. The summed E-state index contributed by atoms with van der Waals surface area (Å²) in [7, 11) is 0. The third-order valence-electron chi connectivity index (χ3n) is 5.99. The number of carbonyl (C=O) groups excluding carboxylic acids is 1. The van der Waals surface area contributed by atoms with Crippen molar-refractivity contribution in [3.63, 3.8) is 0 Å². The van der Waals surface area contributed by atoms with Crippen molar-refractivity contribution < 1.29 is 9.53 Å². The second-order valence-corrected chi connectivity index (χ2v) is 8.03. The highest BCUT2D eigenvalue weighted by atomic mass is 16.5. The summed E-state index contributed by atoms with van der Waals surface area (Å²) < 4.78 is 6.14. The van der Waals surface area contributed by atoms with Gasteiger partial charge in [-0.1, -0.05) is 6.07 Å². The van der Waals surface area contributed by atoms with E-state index in [9.17, 15) is 4.79 Å². The van der Waals surface area contributed by atoms with Gasteiger partial charge in [-0.05, 0) is 81.4 Å². The standard InChI is InChI=1S/C23H24N4O2/c1-13-3-5-17-21(28)20(12-19-16-6-4-14(2)25-23(16)27-26-19)29-22(17)18(13)11-15-7-9-24-10-8-15/h3-6,12,15,24H,7-11H2,1-2H3,(H,25,26,27)/b20-12-. The number of aromatic amines is 1. The zero-order valence-electron chi connectivity index (χ0n) is 16.7. The van der Waals surface area contributed by atoms with Crippen LogP contribution in [0.4, 0.5) is 0 Å². The van der Waals surface area contributed by atoms with Crippen molar-refractivity contribution in [2.45, 2.75) is 33.1 Å². The molecule has 29 heavy (non-hydrogen) atoms. The van der Waals surface area contributed by atoms with Gasteiger partial charge in [0, 0.05) is 17.2 Å². The van der Waals surface area contributed by atoms with Crippen LogP contribution in [0, 0.1) is 19.8 Å². The molecule has 1 aromatic carbocycles. The van der Waals surface area contributed by atoms with Crippen molar-refractivity contribution >= 4 is 22.9 Å². The van der Waals surface area contributed by atoms with Crippen molar-refractivity contribution in [3.8, 4) is 5.75 Å². The van der Waals surface area contributed by atoms with Crippen molar-refractivity contribution in [2.24, 2.45) is 5.92 Å². The second-order valence-electron chi connectivity index (χ2n) is 8.03. The van der Waals surface area contributed by atoms with E-state index < -0.39 is 0 Å². The third kappa shape index (κ3) is 3.23. The van der Waals surface area contributed by atoms with Gasteiger partial charge in [0.15, 0.2) is 11.4 Å². The van der Waals surface area contributed by atoms with Gasteiger partial charge in [0.1, 0.15) is 5.75 Å². The minimum atomic E-state index is -0.0808. The molecule has 1 fully saturated rings. The number of Topliss-reactive ketones (excluding diaryl/α,β-unsaturated/α-hetero) is 1. The predicted molar refractivity (Wildman–Crippen MR) is 112 cm³/mol. The van der Waals surface area contributed by atoms with Crippen LogP contribution in [0.1, 0.15) is 45.7 Å². The van der Waals surface area contributed by atoms with E-state index in [2.05, 4.69) is 27.4 Å². The highest BCUT2D eigenvalue weighted by Crippen LogP contribution is 2.39. The summed E-state index contributed by atoms with van der Waals surface area (Å²) in [4.78, 5) is 17.5. The molecule has 6 heteroatoms. The SMILES string of the molecule is Cc1ccc2c(/C=C3\Oc4c(ccc(C)c4CC4CCNCC4)C3=O)n[nH]c2n1. The summed E-state index contributed by atoms with van der Waals surface area (Å²) in [6.07, 6.45) is 4.99. The zero-order valence-corrected chi connectivity index (χ0v) is 16.7. The van der Waals surface area contributed by atoms with E-state index in [0.717, 1.165) is 54.7 Å². The molecule has 0 atom stereocenters. The predicted octanol–water partition coefficient (Wildman–Crippen LogP) is 3.73. The molecule has 3 aromatic rings. The van der Waals surface area contributed by atoms with E-state index in [-0.39, 0.29) is 5.78 Å². The first-order valence-electron chi connectivity index (χ1n) is 10.2. The van der Waals surface area contributed by atoms with Gasteiger partial charge in [-0.15, -0.1) is 0 Å². The van der Waals surface area contributed by atoms with Gasteiger partial charge < -0.3 is 10.1 Å². The van der Waals surface area contributed by atoms with Crippen LogP contribution in [-0.2, 0) is 6.42 Å². The summed E-state index contributed by atoms with van der Waals surface area (Å²) in [6.45, 7) is 6.15. The molecule has 2 N–H and O–H groups in total. The lowest BCUT2D eigenvalue weighted by atomic mass is 9.88. The average Bonchev–Trinajstić information content (AvgIpc) is 3.26. The van der Waals surface area contributed by atoms with Crippen molar-refractivity contribution in [1.29, 1.82) is 0 Å². The van der Waals surface area contributed by atoms with E-state index in [0.29, 0.717) is 28.6 Å². The van der Waals surface area contributed by atoms with Gasteiger partial charge in [0.2, 0.25) is 5.78 Å². The van der Waals surface area contributed by atoms with Crippen molar-refractivity contribution in [1.82, 2.24) is 20.5 Å². The molecule has 5 rings (SSSR count). The molecule has 0 saturated carbocycles. The van der Waals surface area contributed by atoms with E-state index in [1.807, 2.05) is 31.2 Å². The maximum absolute atomic E-state index is 13.0. The Morgan fingerprint density at radius 3 is 2.83 bits per heavy atom. The summed E-state index contributed by atoms with van der Waals surface area (Å²) in [5.74, 6) is 1.60. The van der Waals surface area contributed by atoms with Crippen LogP contribution in [0.2, 0.25) is 0 Å². The number of ether oxygens (including phenoxy) is 1. The van der Waals surface area contributed by atoms with Crippen LogP contribution in [0.15, 0.2) is 30.0 Å². The number of rotatable bonds is 3. The molecule has 0 aliphatic carbocycles. The van der Waals surface area contributed by atoms with Crippen LogP contribution < -0.4 is 10.1 Å². The molecule has 4 heterocycles. The number of hydrogen-bond acceptors (Lipinski definition) is 5. The number of H-pyrrole nitrogens is 1. The Labute approximate surface area is 169 Å². The van der Waals surface area contributed by atoms with Gasteiger partial charge in [-0.3, -0.25) is 9.89 Å². The number of benzene rings is 1. The van der Waals surface area contributed by atoms with Gasteiger partial charge in [0.25, 0.3) is 0 Å². The van der Waals surface area contributed by atoms with Crippen molar-refractivity contribution in [3.05, 3.63) is 58.1 Å². The number of allylic oxidation sites excluding steroid dienone is 1. The van der Waals surface area contributed by atoms with Gasteiger partial charge in [0.05, 0.1) is 11.3 Å². The summed E-state index contributed by atoms with van der Waals surface area (Å²) in [5, 5.41) is 11.6. The Morgan fingerprint density at radius 1 is 1.17 bits per heavy atom. The van der Waals surface area contributed by atoms with Crippen LogP contribution >= 0.6 is 0 Å². The molecule has 2 aromatic heterocycles. The maximum atomic E-state index is 13.0. The number of carbonyl (C=O) groups is 1. The molecule has 0 unspecified atom stereocenters. The largest absolute Gasteiger partial charge is 0.452 e. The first-order chi connectivity index (χ1) is 14.1. The number of ketones is 1. The fourth-order valence-corrected chi connectivity index (χ4v) is 4.29. The topological polar surface area (TPSA) is 79.9 Å². The Morgan fingerprint density at radius 2 is 2.00 bits per heavy atom. The average molecular weight is 388 g/mol. The molecular weight excluding hydrogens is 364 g/mol. The smallest absolute Gasteiger partial charge is 0.232 e. The number of aryl methyl sites for hydroxylation is 2. The third-order valence-corrected chi connectivity index (χ3v) is 5.99. The molecule has 0 radical (unpaired) electrons.